The predicted molar refractivity (Wildman–Crippen MR) is 120 cm³/mol. The van der Waals surface area contributed by atoms with Gasteiger partial charge >= 0.3 is 0 Å². The molecule has 2 aliphatic heterocycles. The van der Waals surface area contributed by atoms with Crippen LogP contribution in [0.25, 0.3) is 0 Å². The SMILES string of the molecule is CSCC[C@H](N)C(=O)N1CCCC(CN2CCN(c3ccccn3)CC2)C1.Cl. The summed E-state index contributed by atoms with van der Waals surface area (Å²) in [6.45, 7) is 6.99. The number of halogens is 1. The van der Waals surface area contributed by atoms with Crippen LogP contribution in [0, 0.1) is 5.92 Å². The Labute approximate surface area is 179 Å². The average Bonchev–Trinajstić information content (AvgIpc) is 2.73. The first-order chi connectivity index (χ1) is 13.2. The summed E-state index contributed by atoms with van der Waals surface area (Å²) in [4.78, 5) is 24.0. The summed E-state index contributed by atoms with van der Waals surface area (Å²) >= 11 is 1.75. The molecule has 0 spiro atoms. The maximum absolute atomic E-state index is 12.6. The third-order valence-electron chi connectivity index (χ3n) is 5.64. The second-order valence-electron chi connectivity index (χ2n) is 7.66. The van der Waals surface area contributed by atoms with E-state index in [0.29, 0.717) is 5.92 Å². The Morgan fingerprint density at radius 2 is 2.07 bits per heavy atom. The number of thioether (sulfide) groups is 1. The minimum atomic E-state index is -0.335. The molecule has 1 unspecified atom stereocenters. The van der Waals surface area contributed by atoms with E-state index >= 15 is 0 Å². The lowest BCUT2D eigenvalue weighted by Crippen LogP contribution is -2.52. The number of anilines is 1. The first kappa shape index (κ1) is 23.3. The second-order valence-corrected chi connectivity index (χ2v) is 8.64. The van der Waals surface area contributed by atoms with Gasteiger partial charge in [0.05, 0.1) is 6.04 Å². The highest BCUT2D eigenvalue weighted by atomic mass is 35.5. The van der Waals surface area contributed by atoms with Crippen molar-refractivity contribution in [2.75, 3.05) is 62.7 Å². The molecule has 2 atom stereocenters. The van der Waals surface area contributed by atoms with Gasteiger partial charge in [-0.1, -0.05) is 6.07 Å². The lowest BCUT2D eigenvalue weighted by Gasteiger charge is -2.40. The highest BCUT2D eigenvalue weighted by molar-refractivity contribution is 7.98. The van der Waals surface area contributed by atoms with Crippen molar-refractivity contribution in [3.8, 4) is 0 Å². The first-order valence-electron chi connectivity index (χ1n) is 10.1. The number of pyridine rings is 1. The molecular formula is C20H34ClN5OS. The van der Waals surface area contributed by atoms with Crippen molar-refractivity contribution in [3.05, 3.63) is 24.4 Å². The summed E-state index contributed by atoms with van der Waals surface area (Å²) < 4.78 is 0. The van der Waals surface area contributed by atoms with E-state index in [4.69, 9.17) is 5.73 Å². The van der Waals surface area contributed by atoms with E-state index < -0.39 is 0 Å². The van der Waals surface area contributed by atoms with E-state index in [1.165, 1.54) is 6.42 Å². The number of hydrogen-bond donors (Lipinski definition) is 1. The summed E-state index contributed by atoms with van der Waals surface area (Å²) in [5.74, 6) is 2.74. The molecule has 2 N–H and O–H groups in total. The Kier molecular flexibility index (Phi) is 9.85. The maximum atomic E-state index is 12.6. The maximum Gasteiger partial charge on any atom is 0.239 e. The molecule has 0 aliphatic carbocycles. The fraction of sp³-hybridized carbons (Fsp3) is 0.700. The van der Waals surface area contributed by atoms with Crippen molar-refractivity contribution in [1.29, 1.82) is 0 Å². The summed E-state index contributed by atoms with van der Waals surface area (Å²) in [6.07, 6.45) is 7.00. The number of aromatic nitrogens is 1. The normalized spacial score (nSPS) is 21.9. The molecule has 1 aromatic heterocycles. The minimum absolute atomic E-state index is 0. The van der Waals surface area contributed by atoms with Crippen LogP contribution < -0.4 is 10.6 Å². The van der Waals surface area contributed by atoms with E-state index in [2.05, 4.69) is 27.1 Å². The van der Waals surface area contributed by atoms with Gasteiger partial charge in [0, 0.05) is 52.0 Å². The van der Waals surface area contributed by atoms with Crippen LogP contribution in [0.4, 0.5) is 5.82 Å². The van der Waals surface area contributed by atoms with Crippen LogP contribution >= 0.6 is 24.2 Å². The summed E-state index contributed by atoms with van der Waals surface area (Å²) in [5.41, 5.74) is 6.11. The zero-order chi connectivity index (χ0) is 19.1. The molecule has 158 valence electrons. The molecule has 3 heterocycles. The Morgan fingerprint density at radius 1 is 1.29 bits per heavy atom. The molecule has 6 nitrogen and oxygen atoms in total. The summed E-state index contributed by atoms with van der Waals surface area (Å²) in [6, 6.07) is 5.76. The van der Waals surface area contributed by atoms with Gasteiger partial charge in [0.1, 0.15) is 5.82 Å². The van der Waals surface area contributed by atoms with Crippen LogP contribution in [-0.4, -0.2) is 84.6 Å². The molecule has 0 radical (unpaired) electrons. The first-order valence-corrected chi connectivity index (χ1v) is 11.5. The topological polar surface area (TPSA) is 65.7 Å². The zero-order valence-electron chi connectivity index (χ0n) is 16.8. The van der Waals surface area contributed by atoms with Gasteiger partial charge in [0.15, 0.2) is 0 Å². The Hall–Kier alpha value is -1.02. The fourth-order valence-electron chi connectivity index (χ4n) is 4.08. The lowest BCUT2D eigenvalue weighted by atomic mass is 9.96. The molecule has 0 bridgehead atoms. The minimum Gasteiger partial charge on any atom is -0.354 e. The smallest absolute Gasteiger partial charge is 0.239 e. The van der Waals surface area contributed by atoms with Crippen LogP contribution in [0.2, 0.25) is 0 Å². The molecule has 2 aliphatic rings. The van der Waals surface area contributed by atoms with Gasteiger partial charge in [0.25, 0.3) is 0 Å². The number of hydrogen-bond acceptors (Lipinski definition) is 6. The number of nitrogens with zero attached hydrogens (tertiary/aromatic N) is 4. The van der Waals surface area contributed by atoms with Crippen molar-refractivity contribution in [3.63, 3.8) is 0 Å². The molecular weight excluding hydrogens is 394 g/mol. The van der Waals surface area contributed by atoms with Crippen LogP contribution in [0.15, 0.2) is 24.4 Å². The van der Waals surface area contributed by atoms with Gasteiger partial charge in [0.2, 0.25) is 5.91 Å². The van der Waals surface area contributed by atoms with E-state index in [1.54, 1.807) is 11.8 Å². The van der Waals surface area contributed by atoms with E-state index in [9.17, 15) is 4.79 Å². The van der Waals surface area contributed by atoms with Crippen molar-refractivity contribution >= 4 is 35.9 Å². The molecule has 2 fully saturated rings. The molecule has 8 heteroatoms. The monoisotopic (exact) mass is 427 g/mol. The third kappa shape index (κ3) is 6.51. The van der Waals surface area contributed by atoms with Crippen molar-refractivity contribution in [2.24, 2.45) is 11.7 Å². The van der Waals surface area contributed by atoms with Crippen molar-refractivity contribution < 1.29 is 4.79 Å². The number of likely N-dealkylation sites (tertiary alicyclic amines) is 1. The third-order valence-corrected chi connectivity index (χ3v) is 6.29. The lowest BCUT2D eigenvalue weighted by molar-refractivity contribution is -0.134. The van der Waals surface area contributed by atoms with Crippen LogP contribution in [-0.2, 0) is 4.79 Å². The predicted octanol–water partition coefficient (Wildman–Crippen LogP) is 1.94. The number of carbonyl (C=O) groups is 1. The zero-order valence-corrected chi connectivity index (χ0v) is 18.5. The summed E-state index contributed by atoms with van der Waals surface area (Å²) in [7, 11) is 0. The standard InChI is InChI=1S/C20H33N5OS.ClH/c1-27-14-7-18(21)20(26)25-9-4-5-17(16-25)15-23-10-12-24(13-11-23)19-6-2-3-8-22-19;/h2-3,6,8,17-18H,4-5,7,9-16,21H2,1H3;1H/t17?,18-;/m0./s1. The van der Waals surface area contributed by atoms with E-state index in [-0.39, 0.29) is 24.4 Å². The highest BCUT2D eigenvalue weighted by Crippen LogP contribution is 2.20. The number of nitrogens with two attached hydrogens (primary N) is 1. The number of rotatable bonds is 7. The molecule has 0 saturated carbocycles. The molecule has 1 aromatic rings. The van der Waals surface area contributed by atoms with Crippen LogP contribution in [0.5, 0.6) is 0 Å². The number of carbonyl (C=O) groups excluding carboxylic acids is 1. The highest BCUT2D eigenvalue weighted by Gasteiger charge is 2.29. The number of amides is 1. The quantitative estimate of drug-likeness (QED) is 0.717. The van der Waals surface area contributed by atoms with Crippen molar-refractivity contribution in [1.82, 2.24) is 14.8 Å². The van der Waals surface area contributed by atoms with Gasteiger partial charge in [-0.15, -0.1) is 12.4 Å². The van der Waals surface area contributed by atoms with Gasteiger partial charge in [-0.2, -0.15) is 11.8 Å². The second kappa shape index (κ2) is 11.9. The van der Waals surface area contributed by atoms with E-state index in [0.717, 1.165) is 70.2 Å². The molecule has 2 saturated heterocycles. The number of piperazine rings is 1. The summed E-state index contributed by atoms with van der Waals surface area (Å²) in [5, 5.41) is 0. The Balaban J connectivity index is 0.00000280. The van der Waals surface area contributed by atoms with Gasteiger partial charge in [-0.3, -0.25) is 9.69 Å². The molecule has 0 aromatic carbocycles. The Morgan fingerprint density at radius 3 is 2.75 bits per heavy atom. The molecule has 28 heavy (non-hydrogen) atoms. The van der Waals surface area contributed by atoms with Crippen molar-refractivity contribution in [2.45, 2.75) is 25.3 Å². The molecule has 1 amide bonds. The van der Waals surface area contributed by atoms with Gasteiger partial charge < -0.3 is 15.5 Å². The Bertz CT molecular complexity index is 585. The fourth-order valence-corrected chi connectivity index (χ4v) is 4.57. The largest absolute Gasteiger partial charge is 0.354 e. The van der Waals surface area contributed by atoms with Crippen LogP contribution in [0.1, 0.15) is 19.3 Å². The van der Waals surface area contributed by atoms with Gasteiger partial charge in [-0.25, -0.2) is 4.98 Å². The molecule has 3 rings (SSSR count). The number of piperidine rings is 1. The average molecular weight is 428 g/mol. The van der Waals surface area contributed by atoms with E-state index in [1.807, 2.05) is 23.2 Å². The van der Waals surface area contributed by atoms with Crippen LogP contribution in [0.3, 0.4) is 0 Å². The van der Waals surface area contributed by atoms with Gasteiger partial charge in [-0.05, 0) is 49.3 Å².